The highest BCUT2D eigenvalue weighted by Gasteiger charge is 2.22. The van der Waals surface area contributed by atoms with Crippen LogP contribution in [0.2, 0.25) is 5.02 Å². The molecule has 0 saturated carbocycles. The Hall–Kier alpha value is -3.11. The van der Waals surface area contributed by atoms with Crippen molar-refractivity contribution in [3.8, 4) is 5.75 Å². The SMILES string of the molecule is CC[C@@H](Oc1ccccc1C)C(=O)Nc1ccc(Cl)cc1C(=O)c1ccccc1. The molecule has 5 heteroatoms. The molecular weight excluding hydrogens is 386 g/mol. The van der Waals surface area contributed by atoms with E-state index in [2.05, 4.69) is 5.32 Å². The number of para-hydroxylation sites is 1. The van der Waals surface area contributed by atoms with Crippen molar-refractivity contribution in [3.05, 3.63) is 94.5 Å². The summed E-state index contributed by atoms with van der Waals surface area (Å²) >= 11 is 6.11. The van der Waals surface area contributed by atoms with Gasteiger partial charge >= 0.3 is 0 Å². The first kappa shape index (κ1) is 20.6. The van der Waals surface area contributed by atoms with Gasteiger partial charge in [0, 0.05) is 16.1 Å². The van der Waals surface area contributed by atoms with Crippen LogP contribution in [0.3, 0.4) is 0 Å². The largest absolute Gasteiger partial charge is 0.480 e. The quantitative estimate of drug-likeness (QED) is 0.513. The van der Waals surface area contributed by atoms with Gasteiger partial charge in [-0.15, -0.1) is 0 Å². The van der Waals surface area contributed by atoms with Crippen molar-refractivity contribution in [1.82, 2.24) is 0 Å². The van der Waals surface area contributed by atoms with E-state index in [0.717, 1.165) is 5.56 Å². The van der Waals surface area contributed by atoms with Crippen molar-refractivity contribution in [3.63, 3.8) is 0 Å². The number of carbonyl (C=O) groups excluding carboxylic acids is 2. The molecule has 0 bridgehead atoms. The van der Waals surface area contributed by atoms with Crippen molar-refractivity contribution in [2.45, 2.75) is 26.4 Å². The second-order valence-electron chi connectivity index (χ2n) is 6.65. The molecule has 1 atom stereocenters. The summed E-state index contributed by atoms with van der Waals surface area (Å²) in [5.74, 6) is 0.127. The Morgan fingerprint density at radius 2 is 1.69 bits per heavy atom. The van der Waals surface area contributed by atoms with Gasteiger partial charge in [0.05, 0.1) is 5.69 Å². The minimum atomic E-state index is -0.688. The summed E-state index contributed by atoms with van der Waals surface area (Å²) in [6.45, 7) is 3.80. The van der Waals surface area contributed by atoms with Gasteiger partial charge in [-0.3, -0.25) is 9.59 Å². The molecule has 0 radical (unpaired) electrons. The van der Waals surface area contributed by atoms with E-state index in [1.54, 1.807) is 42.5 Å². The number of amides is 1. The van der Waals surface area contributed by atoms with Crippen molar-refractivity contribution < 1.29 is 14.3 Å². The summed E-state index contributed by atoms with van der Waals surface area (Å²) in [7, 11) is 0. The third kappa shape index (κ3) is 5.04. The molecule has 0 aliphatic rings. The number of halogens is 1. The average molecular weight is 408 g/mol. The monoisotopic (exact) mass is 407 g/mol. The highest BCUT2D eigenvalue weighted by Crippen LogP contribution is 2.25. The first-order chi connectivity index (χ1) is 14.0. The number of ether oxygens (including phenoxy) is 1. The number of hydrogen-bond donors (Lipinski definition) is 1. The fourth-order valence-electron chi connectivity index (χ4n) is 2.94. The second-order valence-corrected chi connectivity index (χ2v) is 7.09. The van der Waals surface area contributed by atoms with Crippen LogP contribution in [0.25, 0.3) is 0 Å². The van der Waals surface area contributed by atoms with E-state index in [4.69, 9.17) is 16.3 Å². The normalized spacial score (nSPS) is 11.6. The predicted octanol–water partition coefficient (Wildman–Crippen LogP) is 5.68. The zero-order valence-corrected chi connectivity index (χ0v) is 17.1. The van der Waals surface area contributed by atoms with Crippen LogP contribution in [-0.4, -0.2) is 17.8 Å². The molecule has 4 nitrogen and oxygen atoms in total. The Morgan fingerprint density at radius 3 is 2.38 bits per heavy atom. The summed E-state index contributed by atoms with van der Waals surface area (Å²) in [5, 5.41) is 3.26. The number of hydrogen-bond acceptors (Lipinski definition) is 3. The molecule has 0 spiro atoms. The summed E-state index contributed by atoms with van der Waals surface area (Å²) < 4.78 is 5.91. The van der Waals surface area contributed by atoms with Crippen molar-refractivity contribution >= 4 is 29.0 Å². The van der Waals surface area contributed by atoms with Gasteiger partial charge in [0.2, 0.25) is 0 Å². The molecular formula is C24H22ClNO3. The second kappa shape index (κ2) is 9.39. The first-order valence-corrected chi connectivity index (χ1v) is 9.80. The van der Waals surface area contributed by atoms with Crippen LogP contribution in [-0.2, 0) is 4.79 Å². The number of ketones is 1. The zero-order valence-electron chi connectivity index (χ0n) is 16.3. The molecule has 148 valence electrons. The van der Waals surface area contributed by atoms with Gasteiger partial charge in [-0.1, -0.05) is 67.1 Å². The Morgan fingerprint density at radius 1 is 1.00 bits per heavy atom. The lowest BCUT2D eigenvalue weighted by Crippen LogP contribution is -2.33. The highest BCUT2D eigenvalue weighted by atomic mass is 35.5. The van der Waals surface area contributed by atoms with Crippen molar-refractivity contribution in [1.29, 1.82) is 0 Å². The van der Waals surface area contributed by atoms with E-state index in [1.807, 2.05) is 44.2 Å². The summed E-state index contributed by atoms with van der Waals surface area (Å²) in [6.07, 6.45) is -0.207. The van der Waals surface area contributed by atoms with Crippen molar-refractivity contribution in [2.75, 3.05) is 5.32 Å². The van der Waals surface area contributed by atoms with E-state index in [9.17, 15) is 9.59 Å². The van der Waals surface area contributed by atoms with Crippen LogP contribution >= 0.6 is 11.6 Å². The van der Waals surface area contributed by atoms with Crippen LogP contribution in [0, 0.1) is 6.92 Å². The molecule has 3 aromatic rings. The maximum absolute atomic E-state index is 12.9. The average Bonchev–Trinajstić information content (AvgIpc) is 2.74. The van der Waals surface area contributed by atoms with Crippen molar-refractivity contribution in [2.24, 2.45) is 0 Å². The number of rotatable bonds is 7. The van der Waals surface area contributed by atoms with Gasteiger partial charge in [-0.05, 0) is 43.2 Å². The minimum absolute atomic E-state index is 0.212. The molecule has 0 aliphatic carbocycles. The van der Waals surface area contributed by atoms with E-state index >= 15 is 0 Å². The summed E-state index contributed by atoms with van der Waals surface area (Å²) in [6, 6.07) is 21.3. The standard InChI is InChI=1S/C24H22ClNO3/c1-3-21(29-22-12-8-7-9-16(22)2)24(28)26-20-14-13-18(25)15-19(20)23(27)17-10-5-4-6-11-17/h4-15,21H,3H2,1-2H3,(H,26,28)/t21-/m1/s1. The van der Waals surface area contributed by atoms with Gasteiger partial charge < -0.3 is 10.1 Å². The Labute approximate surface area is 175 Å². The van der Waals surface area contributed by atoms with E-state index in [1.165, 1.54) is 0 Å². The van der Waals surface area contributed by atoms with Crippen LogP contribution in [0.5, 0.6) is 5.75 Å². The fraction of sp³-hybridized carbons (Fsp3) is 0.167. The fourth-order valence-corrected chi connectivity index (χ4v) is 3.11. The molecule has 3 rings (SSSR count). The van der Waals surface area contributed by atoms with Gasteiger partial charge in [0.15, 0.2) is 11.9 Å². The van der Waals surface area contributed by atoms with Gasteiger partial charge in [-0.25, -0.2) is 0 Å². The Balaban J connectivity index is 1.84. The molecule has 29 heavy (non-hydrogen) atoms. The lowest BCUT2D eigenvalue weighted by atomic mass is 10.0. The topological polar surface area (TPSA) is 55.4 Å². The third-order valence-corrected chi connectivity index (χ3v) is 4.78. The number of carbonyl (C=O) groups is 2. The zero-order chi connectivity index (χ0) is 20.8. The predicted molar refractivity (Wildman–Crippen MR) is 116 cm³/mol. The maximum atomic E-state index is 12.9. The molecule has 0 fully saturated rings. The number of benzene rings is 3. The number of nitrogens with one attached hydrogen (secondary N) is 1. The van der Waals surface area contributed by atoms with E-state index < -0.39 is 6.10 Å². The molecule has 0 saturated heterocycles. The van der Waals surface area contributed by atoms with E-state index in [0.29, 0.717) is 34.0 Å². The number of anilines is 1. The maximum Gasteiger partial charge on any atom is 0.265 e. The minimum Gasteiger partial charge on any atom is -0.480 e. The van der Waals surface area contributed by atoms with E-state index in [-0.39, 0.29) is 11.7 Å². The molecule has 0 heterocycles. The Bertz CT molecular complexity index is 1020. The molecule has 3 aromatic carbocycles. The molecule has 0 unspecified atom stereocenters. The third-order valence-electron chi connectivity index (χ3n) is 4.55. The van der Waals surface area contributed by atoms with Gasteiger partial charge in [0.1, 0.15) is 5.75 Å². The lowest BCUT2D eigenvalue weighted by Gasteiger charge is -2.19. The smallest absolute Gasteiger partial charge is 0.265 e. The first-order valence-electron chi connectivity index (χ1n) is 9.42. The summed E-state index contributed by atoms with van der Waals surface area (Å²) in [5.41, 5.74) is 2.21. The van der Waals surface area contributed by atoms with Gasteiger partial charge in [-0.2, -0.15) is 0 Å². The Kier molecular flexibility index (Phi) is 6.68. The van der Waals surface area contributed by atoms with Crippen LogP contribution in [0.1, 0.15) is 34.8 Å². The van der Waals surface area contributed by atoms with Gasteiger partial charge in [0.25, 0.3) is 5.91 Å². The molecule has 0 aliphatic heterocycles. The molecule has 0 aromatic heterocycles. The van der Waals surface area contributed by atoms with Crippen LogP contribution in [0.15, 0.2) is 72.8 Å². The lowest BCUT2D eigenvalue weighted by molar-refractivity contribution is -0.122. The van der Waals surface area contributed by atoms with Crippen LogP contribution < -0.4 is 10.1 Å². The summed E-state index contributed by atoms with van der Waals surface area (Å²) in [4.78, 5) is 25.8. The van der Waals surface area contributed by atoms with Crippen LogP contribution in [0.4, 0.5) is 5.69 Å². The molecule has 1 N–H and O–H groups in total. The highest BCUT2D eigenvalue weighted by molar-refractivity contribution is 6.31. The number of aryl methyl sites for hydroxylation is 1. The molecule has 1 amide bonds.